The van der Waals surface area contributed by atoms with E-state index in [1.165, 1.54) is 5.56 Å². The molecule has 100 valence electrons. The van der Waals surface area contributed by atoms with E-state index in [1.807, 2.05) is 24.3 Å². The maximum Gasteiger partial charge on any atom is 0.315 e. The molecule has 0 heterocycles. The van der Waals surface area contributed by atoms with Gasteiger partial charge in [0.25, 0.3) is 0 Å². The van der Waals surface area contributed by atoms with Gasteiger partial charge < -0.3 is 10.1 Å². The van der Waals surface area contributed by atoms with Crippen molar-refractivity contribution < 1.29 is 14.3 Å². The summed E-state index contributed by atoms with van der Waals surface area (Å²) in [6, 6.07) is 7.81. The summed E-state index contributed by atoms with van der Waals surface area (Å²) in [6.45, 7) is 6.01. The number of carbonyl (C=O) groups excluding carboxylic acids is 2. The first kappa shape index (κ1) is 13.3. The van der Waals surface area contributed by atoms with Gasteiger partial charge in [-0.25, -0.2) is 0 Å². The van der Waals surface area contributed by atoms with E-state index in [0.29, 0.717) is 0 Å². The predicted molar refractivity (Wildman–Crippen MR) is 72.4 cm³/mol. The van der Waals surface area contributed by atoms with Crippen molar-refractivity contribution in [2.45, 2.75) is 25.8 Å². The number of benzene rings is 1. The summed E-state index contributed by atoms with van der Waals surface area (Å²) in [6.07, 6.45) is 0.484. The molecule has 19 heavy (non-hydrogen) atoms. The Hall–Kier alpha value is -2.10. The number of hydrogen-bond acceptors (Lipinski definition) is 3. The van der Waals surface area contributed by atoms with Crippen LogP contribution < -0.4 is 5.32 Å². The number of esters is 1. The van der Waals surface area contributed by atoms with Crippen LogP contribution in [0.4, 0.5) is 0 Å². The van der Waals surface area contributed by atoms with E-state index in [4.69, 9.17) is 4.74 Å². The minimum Gasteiger partial charge on any atom is -0.466 e. The summed E-state index contributed by atoms with van der Waals surface area (Å²) >= 11 is 0. The van der Waals surface area contributed by atoms with Gasteiger partial charge in [0.05, 0.1) is 12.6 Å². The smallest absolute Gasteiger partial charge is 0.315 e. The van der Waals surface area contributed by atoms with Crippen molar-refractivity contribution in [2.24, 2.45) is 0 Å². The first-order chi connectivity index (χ1) is 9.11. The average molecular weight is 259 g/mol. The van der Waals surface area contributed by atoms with Gasteiger partial charge in [-0.1, -0.05) is 30.8 Å². The summed E-state index contributed by atoms with van der Waals surface area (Å²) in [5.74, 6) is -0.821. The van der Waals surface area contributed by atoms with E-state index in [-0.39, 0.29) is 25.0 Å². The molecule has 0 saturated carbocycles. The van der Waals surface area contributed by atoms with Gasteiger partial charge in [0.1, 0.15) is 6.42 Å². The van der Waals surface area contributed by atoms with Gasteiger partial charge in [-0.2, -0.15) is 0 Å². The number of ether oxygens (including phenoxy) is 1. The van der Waals surface area contributed by atoms with Crippen LogP contribution >= 0.6 is 0 Å². The van der Waals surface area contributed by atoms with Crippen LogP contribution in [0.3, 0.4) is 0 Å². The molecular formula is C15H17NO3. The van der Waals surface area contributed by atoms with E-state index in [0.717, 1.165) is 17.6 Å². The number of nitrogens with one attached hydrogen (secondary N) is 1. The molecule has 0 aromatic heterocycles. The predicted octanol–water partition coefficient (Wildman–Crippen LogP) is 1.69. The SMILES string of the molecule is C=C1c2ccccc2CC1NC(=O)CC(=O)OCC. The molecule has 1 aromatic rings. The molecule has 1 N–H and O–H groups in total. The highest BCUT2D eigenvalue weighted by Crippen LogP contribution is 2.30. The van der Waals surface area contributed by atoms with Crippen LogP contribution in [-0.4, -0.2) is 24.5 Å². The molecule has 0 radical (unpaired) electrons. The molecule has 4 heteroatoms. The Balaban J connectivity index is 1.94. The van der Waals surface area contributed by atoms with Gasteiger partial charge in [-0.3, -0.25) is 9.59 Å². The molecule has 0 aliphatic heterocycles. The Labute approximate surface area is 112 Å². The number of fused-ring (bicyclic) bond motifs is 1. The van der Waals surface area contributed by atoms with Crippen LogP contribution in [0.5, 0.6) is 0 Å². The molecule has 1 aliphatic carbocycles. The van der Waals surface area contributed by atoms with Gasteiger partial charge in [-0.05, 0) is 30.0 Å². The zero-order valence-electron chi connectivity index (χ0n) is 10.9. The quantitative estimate of drug-likeness (QED) is 0.661. The third-order valence-electron chi connectivity index (χ3n) is 3.15. The molecular weight excluding hydrogens is 242 g/mol. The second kappa shape index (κ2) is 5.69. The Bertz CT molecular complexity index is 522. The van der Waals surface area contributed by atoms with Gasteiger partial charge >= 0.3 is 5.97 Å². The molecule has 2 rings (SSSR count). The third-order valence-corrected chi connectivity index (χ3v) is 3.15. The number of rotatable bonds is 4. The Morgan fingerprint density at radius 1 is 1.42 bits per heavy atom. The van der Waals surface area contributed by atoms with Crippen molar-refractivity contribution in [3.63, 3.8) is 0 Å². The van der Waals surface area contributed by atoms with Crippen LogP contribution in [0.1, 0.15) is 24.5 Å². The molecule has 1 amide bonds. The highest BCUT2D eigenvalue weighted by atomic mass is 16.5. The van der Waals surface area contributed by atoms with E-state index < -0.39 is 5.97 Å². The lowest BCUT2D eigenvalue weighted by Crippen LogP contribution is -2.36. The lowest BCUT2D eigenvalue weighted by atomic mass is 10.1. The van der Waals surface area contributed by atoms with Gasteiger partial charge in [0.15, 0.2) is 0 Å². The molecule has 1 aliphatic rings. The molecule has 0 fully saturated rings. The minimum atomic E-state index is -0.499. The zero-order valence-corrected chi connectivity index (χ0v) is 10.9. The number of carbonyl (C=O) groups is 2. The summed E-state index contributed by atoms with van der Waals surface area (Å²) in [4.78, 5) is 22.9. The van der Waals surface area contributed by atoms with Crippen LogP contribution in [0.25, 0.3) is 5.57 Å². The molecule has 1 atom stereocenters. The fraction of sp³-hybridized carbons (Fsp3) is 0.333. The monoisotopic (exact) mass is 259 g/mol. The normalized spacial score (nSPS) is 16.9. The first-order valence-corrected chi connectivity index (χ1v) is 6.34. The number of hydrogen-bond donors (Lipinski definition) is 1. The topological polar surface area (TPSA) is 55.4 Å². The van der Waals surface area contributed by atoms with Crippen LogP contribution in [-0.2, 0) is 20.7 Å². The average Bonchev–Trinajstić information content (AvgIpc) is 2.67. The second-order valence-electron chi connectivity index (χ2n) is 4.49. The summed E-state index contributed by atoms with van der Waals surface area (Å²) in [5, 5.41) is 2.83. The van der Waals surface area contributed by atoms with E-state index >= 15 is 0 Å². The van der Waals surface area contributed by atoms with Gasteiger partial charge in [0.2, 0.25) is 5.91 Å². The Morgan fingerprint density at radius 2 is 2.16 bits per heavy atom. The first-order valence-electron chi connectivity index (χ1n) is 6.34. The lowest BCUT2D eigenvalue weighted by Gasteiger charge is -2.13. The van der Waals surface area contributed by atoms with Crippen molar-refractivity contribution in [3.05, 3.63) is 42.0 Å². The summed E-state index contributed by atoms with van der Waals surface area (Å²) < 4.78 is 4.74. The molecule has 1 aromatic carbocycles. The van der Waals surface area contributed by atoms with Crippen LogP contribution in [0.15, 0.2) is 30.8 Å². The largest absolute Gasteiger partial charge is 0.466 e. The van der Waals surface area contributed by atoms with E-state index in [1.54, 1.807) is 6.92 Å². The second-order valence-corrected chi connectivity index (χ2v) is 4.49. The summed E-state index contributed by atoms with van der Waals surface area (Å²) in [7, 11) is 0. The standard InChI is InChI=1S/C15H17NO3/c1-3-19-15(18)9-14(17)16-13-8-11-6-4-5-7-12(11)10(13)2/h4-7,13H,2-3,8-9H2,1H3,(H,16,17). The van der Waals surface area contributed by atoms with E-state index in [9.17, 15) is 9.59 Å². The van der Waals surface area contributed by atoms with Crippen molar-refractivity contribution in [1.82, 2.24) is 5.32 Å². The molecule has 0 bridgehead atoms. The summed E-state index contributed by atoms with van der Waals surface area (Å²) in [5.41, 5.74) is 3.16. The van der Waals surface area contributed by atoms with Crippen LogP contribution in [0, 0.1) is 0 Å². The maximum absolute atomic E-state index is 11.7. The fourth-order valence-corrected chi connectivity index (χ4v) is 2.27. The van der Waals surface area contributed by atoms with E-state index in [2.05, 4.69) is 11.9 Å². The van der Waals surface area contributed by atoms with Crippen molar-refractivity contribution >= 4 is 17.4 Å². The fourth-order valence-electron chi connectivity index (χ4n) is 2.27. The highest BCUT2D eigenvalue weighted by molar-refractivity contribution is 5.95. The maximum atomic E-state index is 11.7. The molecule has 0 saturated heterocycles. The Kier molecular flexibility index (Phi) is 4.00. The van der Waals surface area contributed by atoms with Crippen LogP contribution in [0.2, 0.25) is 0 Å². The van der Waals surface area contributed by atoms with Gasteiger partial charge in [0, 0.05) is 0 Å². The highest BCUT2D eigenvalue weighted by Gasteiger charge is 2.26. The van der Waals surface area contributed by atoms with Crippen molar-refractivity contribution in [3.8, 4) is 0 Å². The zero-order chi connectivity index (χ0) is 13.8. The molecule has 0 spiro atoms. The van der Waals surface area contributed by atoms with Crippen molar-refractivity contribution in [2.75, 3.05) is 6.61 Å². The van der Waals surface area contributed by atoms with Crippen molar-refractivity contribution in [1.29, 1.82) is 0 Å². The lowest BCUT2D eigenvalue weighted by molar-refractivity contribution is -0.146. The third kappa shape index (κ3) is 3.02. The van der Waals surface area contributed by atoms with Gasteiger partial charge in [-0.15, -0.1) is 0 Å². The minimum absolute atomic E-state index is 0.126. The number of amides is 1. The molecule has 1 unspecified atom stereocenters. The molecule has 4 nitrogen and oxygen atoms in total. The Morgan fingerprint density at radius 3 is 2.84 bits per heavy atom.